The normalized spacial score (nSPS) is 21.1. The van der Waals surface area contributed by atoms with Gasteiger partial charge in [0.1, 0.15) is 6.04 Å². The molecule has 6 heteroatoms. The van der Waals surface area contributed by atoms with E-state index in [2.05, 4.69) is 0 Å². The van der Waals surface area contributed by atoms with Gasteiger partial charge in [0, 0.05) is 31.3 Å². The quantitative estimate of drug-likeness (QED) is 0.852. The van der Waals surface area contributed by atoms with Crippen molar-refractivity contribution in [3.05, 3.63) is 35.9 Å². The SMILES string of the molecule is O=C(O)[C@@H]1CCCCN1C(=O)/C=C\c1ccc(N2CCCC2=O)cc1. The highest BCUT2D eigenvalue weighted by Crippen LogP contribution is 2.22. The summed E-state index contributed by atoms with van der Waals surface area (Å²) in [6.07, 6.45) is 6.77. The summed E-state index contributed by atoms with van der Waals surface area (Å²) in [7, 11) is 0. The Labute approximate surface area is 146 Å². The lowest BCUT2D eigenvalue weighted by molar-refractivity contribution is -0.150. The Morgan fingerprint density at radius 3 is 2.48 bits per heavy atom. The van der Waals surface area contributed by atoms with Gasteiger partial charge in [-0.3, -0.25) is 9.59 Å². The van der Waals surface area contributed by atoms with Crippen LogP contribution in [0.4, 0.5) is 5.69 Å². The van der Waals surface area contributed by atoms with E-state index in [0.717, 1.165) is 37.1 Å². The van der Waals surface area contributed by atoms with Crippen molar-refractivity contribution < 1.29 is 19.5 Å². The standard InChI is InChI=1S/C19H22N2O4/c22-17-5-3-13-20(17)15-9-6-14(7-10-15)8-11-18(23)21-12-2-1-4-16(21)19(24)25/h6-11,16H,1-5,12-13H2,(H,24,25)/b11-8-/t16-/m0/s1. The number of anilines is 1. The Morgan fingerprint density at radius 2 is 1.84 bits per heavy atom. The molecular weight excluding hydrogens is 320 g/mol. The first-order chi connectivity index (χ1) is 12.1. The zero-order valence-corrected chi connectivity index (χ0v) is 14.1. The number of amides is 2. The van der Waals surface area contributed by atoms with E-state index < -0.39 is 12.0 Å². The number of benzene rings is 1. The van der Waals surface area contributed by atoms with Crippen LogP contribution in [0.1, 0.15) is 37.7 Å². The van der Waals surface area contributed by atoms with Crippen molar-refractivity contribution in [2.75, 3.05) is 18.0 Å². The van der Waals surface area contributed by atoms with Gasteiger partial charge in [0.15, 0.2) is 0 Å². The van der Waals surface area contributed by atoms with Crippen molar-refractivity contribution >= 4 is 29.5 Å². The number of aliphatic carboxylic acids is 1. The minimum absolute atomic E-state index is 0.142. The number of carbonyl (C=O) groups excluding carboxylic acids is 2. The molecule has 0 aromatic heterocycles. The molecular formula is C19H22N2O4. The molecule has 1 N–H and O–H groups in total. The number of hydrogen-bond acceptors (Lipinski definition) is 3. The van der Waals surface area contributed by atoms with E-state index in [1.807, 2.05) is 24.3 Å². The number of carboxylic acid groups (broad SMARTS) is 1. The number of piperidine rings is 1. The third-order valence-electron chi connectivity index (χ3n) is 4.77. The molecule has 1 aromatic rings. The van der Waals surface area contributed by atoms with Gasteiger partial charge in [-0.05, 0) is 49.5 Å². The van der Waals surface area contributed by atoms with Gasteiger partial charge in [-0.15, -0.1) is 0 Å². The molecule has 3 rings (SSSR count). The second-order valence-corrected chi connectivity index (χ2v) is 6.46. The van der Waals surface area contributed by atoms with Gasteiger partial charge >= 0.3 is 5.97 Å². The second-order valence-electron chi connectivity index (χ2n) is 6.46. The largest absolute Gasteiger partial charge is 0.480 e. The third-order valence-corrected chi connectivity index (χ3v) is 4.77. The van der Waals surface area contributed by atoms with Gasteiger partial charge in [0.2, 0.25) is 11.8 Å². The van der Waals surface area contributed by atoms with E-state index in [1.54, 1.807) is 11.0 Å². The minimum atomic E-state index is -0.943. The van der Waals surface area contributed by atoms with Crippen molar-refractivity contribution in [1.82, 2.24) is 4.90 Å². The summed E-state index contributed by atoms with van der Waals surface area (Å²) >= 11 is 0. The molecule has 0 aliphatic carbocycles. The maximum atomic E-state index is 12.3. The van der Waals surface area contributed by atoms with Crippen molar-refractivity contribution in [2.45, 2.75) is 38.1 Å². The zero-order chi connectivity index (χ0) is 17.8. The third kappa shape index (κ3) is 3.90. The van der Waals surface area contributed by atoms with Gasteiger partial charge in [0.05, 0.1) is 0 Å². The van der Waals surface area contributed by atoms with Crippen LogP contribution in [0, 0.1) is 0 Å². The summed E-state index contributed by atoms with van der Waals surface area (Å²) in [5.74, 6) is -1.07. The van der Waals surface area contributed by atoms with E-state index >= 15 is 0 Å². The summed E-state index contributed by atoms with van der Waals surface area (Å²) in [4.78, 5) is 38.6. The molecule has 6 nitrogen and oxygen atoms in total. The molecule has 1 aromatic carbocycles. The number of carboxylic acids is 1. The van der Waals surface area contributed by atoms with Gasteiger partial charge in [-0.1, -0.05) is 12.1 Å². The summed E-state index contributed by atoms with van der Waals surface area (Å²) in [6.45, 7) is 1.23. The molecule has 0 bridgehead atoms. The number of hydrogen-bond donors (Lipinski definition) is 1. The van der Waals surface area contributed by atoms with Crippen LogP contribution in [0.15, 0.2) is 30.3 Å². The average Bonchev–Trinajstić information content (AvgIpc) is 3.06. The number of rotatable bonds is 4. The maximum Gasteiger partial charge on any atom is 0.326 e. The van der Waals surface area contributed by atoms with Crippen LogP contribution >= 0.6 is 0 Å². The van der Waals surface area contributed by atoms with E-state index in [0.29, 0.717) is 19.4 Å². The Morgan fingerprint density at radius 1 is 1.08 bits per heavy atom. The van der Waals surface area contributed by atoms with Crippen LogP contribution in [-0.2, 0) is 14.4 Å². The van der Waals surface area contributed by atoms with Crippen molar-refractivity contribution in [3.8, 4) is 0 Å². The highest BCUT2D eigenvalue weighted by Gasteiger charge is 2.30. The summed E-state index contributed by atoms with van der Waals surface area (Å²) in [5, 5.41) is 9.25. The maximum absolute atomic E-state index is 12.3. The molecule has 1 atom stereocenters. The molecule has 0 saturated carbocycles. The molecule has 2 heterocycles. The van der Waals surface area contributed by atoms with Crippen LogP contribution in [0.5, 0.6) is 0 Å². The first-order valence-electron chi connectivity index (χ1n) is 8.68. The summed E-state index contributed by atoms with van der Waals surface area (Å²) in [6, 6.07) is 6.72. The van der Waals surface area contributed by atoms with Crippen LogP contribution in [0.25, 0.3) is 6.08 Å². The van der Waals surface area contributed by atoms with Crippen LogP contribution in [0.2, 0.25) is 0 Å². The lowest BCUT2D eigenvalue weighted by Gasteiger charge is -2.32. The Balaban J connectivity index is 1.65. The topological polar surface area (TPSA) is 77.9 Å². The molecule has 2 aliphatic rings. The molecule has 0 unspecified atom stereocenters. The molecule has 2 aliphatic heterocycles. The van der Waals surface area contributed by atoms with Crippen LogP contribution in [-0.4, -0.2) is 46.9 Å². The summed E-state index contributed by atoms with van der Waals surface area (Å²) < 4.78 is 0. The van der Waals surface area contributed by atoms with Crippen molar-refractivity contribution in [2.24, 2.45) is 0 Å². The van der Waals surface area contributed by atoms with E-state index in [4.69, 9.17) is 0 Å². The first-order valence-corrected chi connectivity index (χ1v) is 8.68. The predicted molar refractivity (Wildman–Crippen MR) is 94.1 cm³/mol. The first kappa shape index (κ1) is 17.2. The highest BCUT2D eigenvalue weighted by molar-refractivity contribution is 5.96. The van der Waals surface area contributed by atoms with Gasteiger partial charge in [0.25, 0.3) is 0 Å². The predicted octanol–water partition coefficient (Wildman–Crippen LogP) is 2.29. The smallest absolute Gasteiger partial charge is 0.326 e. The van der Waals surface area contributed by atoms with E-state index in [-0.39, 0.29) is 11.8 Å². The number of carbonyl (C=O) groups is 3. The zero-order valence-electron chi connectivity index (χ0n) is 14.1. The lowest BCUT2D eigenvalue weighted by Crippen LogP contribution is -2.47. The van der Waals surface area contributed by atoms with Gasteiger partial charge in [-0.2, -0.15) is 0 Å². The molecule has 0 spiro atoms. The Bertz CT molecular complexity index is 696. The molecule has 25 heavy (non-hydrogen) atoms. The monoisotopic (exact) mass is 342 g/mol. The van der Waals surface area contributed by atoms with Crippen LogP contribution < -0.4 is 4.90 Å². The fraction of sp³-hybridized carbons (Fsp3) is 0.421. The molecule has 0 radical (unpaired) electrons. The minimum Gasteiger partial charge on any atom is -0.480 e. The summed E-state index contributed by atoms with van der Waals surface area (Å²) in [5.41, 5.74) is 1.71. The van der Waals surface area contributed by atoms with Crippen molar-refractivity contribution in [1.29, 1.82) is 0 Å². The van der Waals surface area contributed by atoms with Crippen molar-refractivity contribution in [3.63, 3.8) is 0 Å². The molecule has 132 valence electrons. The number of likely N-dealkylation sites (tertiary alicyclic amines) is 1. The van der Waals surface area contributed by atoms with Gasteiger partial charge < -0.3 is 14.9 Å². The Hall–Kier alpha value is -2.63. The molecule has 2 fully saturated rings. The fourth-order valence-corrected chi connectivity index (χ4v) is 3.40. The molecule has 2 saturated heterocycles. The second kappa shape index (κ2) is 7.51. The average molecular weight is 342 g/mol. The fourth-order valence-electron chi connectivity index (χ4n) is 3.40. The van der Waals surface area contributed by atoms with E-state index in [9.17, 15) is 19.5 Å². The van der Waals surface area contributed by atoms with Gasteiger partial charge in [-0.25, -0.2) is 4.79 Å². The Kier molecular flexibility index (Phi) is 5.16. The number of nitrogens with zero attached hydrogens (tertiary/aromatic N) is 2. The highest BCUT2D eigenvalue weighted by atomic mass is 16.4. The lowest BCUT2D eigenvalue weighted by atomic mass is 10.0. The van der Waals surface area contributed by atoms with E-state index in [1.165, 1.54) is 11.0 Å². The van der Waals surface area contributed by atoms with Crippen LogP contribution in [0.3, 0.4) is 0 Å². The molecule has 2 amide bonds.